The average molecular weight is 899 g/mol. The van der Waals surface area contributed by atoms with E-state index in [4.69, 9.17) is 9.47 Å². The maximum Gasteiger partial charge on any atom is 0.303 e. The molecule has 336 valence electrons. The molecule has 8 bridgehead atoms. The molecule has 0 radical (unpaired) electrons. The zero-order valence-corrected chi connectivity index (χ0v) is 37.1. The lowest BCUT2D eigenvalue weighted by Crippen LogP contribution is -2.26. The van der Waals surface area contributed by atoms with Gasteiger partial charge < -0.3 is 38.8 Å². The van der Waals surface area contributed by atoms with Crippen LogP contribution in [0.2, 0.25) is 0 Å². The smallest absolute Gasteiger partial charge is 0.303 e. The van der Waals surface area contributed by atoms with E-state index in [1.165, 1.54) is 0 Å². The van der Waals surface area contributed by atoms with E-state index in [2.05, 4.69) is 91.9 Å². The molecule has 5 heterocycles. The quantitative estimate of drug-likeness (QED) is 0.0804. The van der Waals surface area contributed by atoms with Crippen molar-refractivity contribution in [1.82, 2.24) is 19.1 Å². The van der Waals surface area contributed by atoms with Crippen LogP contribution in [0.15, 0.2) is 146 Å². The Morgan fingerprint density at radius 1 is 0.426 bits per heavy atom. The zero-order valence-electron chi connectivity index (χ0n) is 39.1. The van der Waals surface area contributed by atoms with Crippen LogP contribution >= 0.6 is 0 Å². The van der Waals surface area contributed by atoms with Crippen molar-refractivity contribution in [2.45, 2.75) is 38.5 Å². The van der Waals surface area contributed by atoms with Crippen molar-refractivity contribution < 1.29 is 32.0 Å². The van der Waals surface area contributed by atoms with Crippen LogP contribution in [0.1, 0.15) is 64.0 Å². The van der Waals surface area contributed by atoms with Gasteiger partial charge in [-0.05, 0) is 74.3 Å². The lowest BCUT2D eigenvalue weighted by atomic mass is 10.1. The molecule has 0 fully saturated rings. The molecular formula is C58H48N4O6. The zero-order chi connectivity index (χ0) is 47.9. The Morgan fingerprint density at radius 2 is 0.735 bits per heavy atom. The first-order valence-corrected chi connectivity index (χ1v) is 23.0. The van der Waals surface area contributed by atoms with Gasteiger partial charge in [0.2, 0.25) is 0 Å². The molecule has 4 N–H and O–H groups in total. The summed E-state index contributed by atoms with van der Waals surface area (Å²) in [6.45, 7) is 0.570. The van der Waals surface area contributed by atoms with Gasteiger partial charge in [0.25, 0.3) is 0 Å². The molecular weight excluding hydrogens is 849 g/mol. The standard InChI is InChI=1S/C58H48N4O6/c63-57(64)27-9-11-29-67-39-17-13-15-37(31-39)61-53-33-49-41-19-1-2-20-42(41)50(59-49)34-54-47-25-7-8-26-48(47)56(62(54)38-16-14-18-40(32-38)68-30-12-10-28-58(65)66)36-52-44-22-4-3-21-43(44)51(60-52)35-55(61)46-24-6-5-23-45(46)53/h1-8,13-26,31-36,59-60H,9-12,27-30H2,(H,63,64)(H,65,66)/i31D,32D. The number of carbonyl (C=O) groups is 2. The molecule has 0 unspecified atom stereocenters. The second-order valence-corrected chi connectivity index (χ2v) is 17.1. The van der Waals surface area contributed by atoms with Gasteiger partial charge in [0.15, 0.2) is 0 Å². The van der Waals surface area contributed by atoms with Crippen LogP contribution in [-0.4, -0.2) is 54.5 Å². The molecule has 6 aromatic carbocycles. The number of aliphatic carboxylic acids is 2. The Morgan fingerprint density at radius 3 is 1.04 bits per heavy atom. The second-order valence-electron chi connectivity index (χ2n) is 17.1. The fraction of sp³-hybridized carbons (Fsp3) is 0.138. The first-order chi connectivity index (χ1) is 34.2. The molecule has 4 aromatic heterocycles. The van der Waals surface area contributed by atoms with Crippen LogP contribution < -0.4 is 30.9 Å². The van der Waals surface area contributed by atoms with Gasteiger partial charge in [0, 0.05) is 102 Å². The molecule has 1 aliphatic heterocycles. The van der Waals surface area contributed by atoms with Gasteiger partial charge in [0.05, 0.1) is 37.4 Å². The molecule has 10 nitrogen and oxygen atoms in total. The van der Waals surface area contributed by atoms with Crippen molar-refractivity contribution in [2.24, 2.45) is 0 Å². The van der Waals surface area contributed by atoms with E-state index in [1.54, 1.807) is 12.1 Å². The minimum atomic E-state index is -0.844. The normalized spacial score (nSPS) is 12.5. The number of aromatic nitrogens is 4. The maximum absolute atomic E-state index is 11.2. The largest absolute Gasteiger partial charge is 0.494 e. The number of hydrogen-bond donors (Lipinski definition) is 4. The second kappa shape index (κ2) is 18.1. The summed E-state index contributed by atoms with van der Waals surface area (Å²) < 4.78 is 36.1. The van der Waals surface area contributed by atoms with Gasteiger partial charge in [-0.1, -0.05) is 109 Å². The highest BCUT2D eigenvalue weighted by molar-refractivity contribution is 6.00. The molecule has 0 saturated carbocycles. The van der Waals surface area contributed by atoms with E-state index in [-0.39, 0.29) is 38.1 Å². The van der Waals surface area contributed by atoms with Crippen molar-refractivity contribution in [2.75, 3.05) is 13.2 Å². The van der Waals surface area contributed by atoms with Crippen LogP contribution in [0, 0.1) is 0 Å². The SMILES string of the molecule is [2H]c1c(OCCCCC(=O)O)cccc1-n1c2c3ccccc3c1=Cc1[nH]c(c3ccccc13)C=c1c3ccccc3c(n1-c1cccc(OCCCCC(=O)O)c1[2H])=Cc1[nH]c(c3ccccc13)C=2. The first kappa shape index (κ1) is 39.8. The van der Waals surface area contributed by atoms with Crippen molar-refractivity contribution in [3.05, 3.63) is 190 Å². The molecule has 0 saturated heterocycles. The summed E-state index contributed by atoms with van der Waals surface area (Å²) in [4.78, 5) is 30.1. The number of nitrogens with zero attached hydrogens (tertiary/aromatic N) is 2. The van der Waals surface area contributed by atoms with E-state index in [0.29, 0.717) is 48.6 Å². The van der Waals surface area contributed by atoms with E-state index in [9.17, 15) is 22.5 Å². The maximum atomic E-state index is 11.2. The van der Waals surface area contributed by atoms with Crippen LogP contribution in [-0.2, 0) is 9.59 Å². The van der Waals surface area contributed by atoms with E-state index in [0.717, 1.165) is 87.3 Å². The van der Waals surface area contributed by atoms with Gasteiger partial charge >= 0.3 is 11.9 Å². The molecule has 1 aliphatic rings. The molecule has 68 heavy (non-hydrogen) atoms. The Hall–Kier alpha value is -8.50. The number of benzene rings is 6. The Balaban J connectivity index is 1.22. The molecule has 10 aromatic rings. The molecule has 11 rings (SSSR count). The molecule has 10 heteroatoms. The number of rotatable bonds is 14. The van der Waals surface area contributed by atoms with Gasteiger partial charge in [-0.15, -0.1) is 0 Å². The molecule has 0 atom stereocenters. The van der Waals surface area contributed by atoms with E-state index >= 15 is 0 Å². The highest BCUT2D eigenvalue weighted by Crippen LogP contribution is 2.28. The van der Waals surface area contributed by atoms with Crippen molar-refractivity contribution in [3.8, 4) is 22.9 Å². The summed E-state index contributed by atoms with van der Waals surface area (Å²) >= 11 is 0. The average Bonchev–Trinajstić information content (AvgIpc) is 4.08. The lowest BCUT2D eigenvalue weighted by molar-refractivity contribution is -0.138. The molecule has 0 amide bonds. The predicted octanol–water partition coefficient (Wildman–Crippen LogP) is 9.43. The highest BCUT2D eigenvalue weighted by atomic mass is 16.5. The number of carboxylic acid groups (broad SMARTS) is 2. The number of unbranched alkanes of at least 4 members (excludes halogenated alkanes) is 2. The van der Waals surface area contributed by atoms with Gasteiger partial charge in [-0.2, -0.15) is 0 Å². The summed E-state index contributed by atoms with van der Waals surface area (Å²) in [5.41, 5.74) is 4.70. The number of H-pyrrole nitrogens is 2. The van der Waals surface area contributed by atoms with E-state index < -0.39 is 11.9 Å². The van der Waals surface area contributed by atoms with Crippen LogP contribution in [0.5, 0.6) is 11.5 Å². The topological polar surface area (TPSA) is 135 Å². The highest BCUT2D eigenvalue weighted by Gasteiger charge is 2.18. The Labute approximate surface area is 393 Å². The number of aromatic amines is 2. The lowest BCUT2D eigenvalue weighted by Gasteiger charge is -2.11. The molecule has 0 spiro atoms. The number of nitrogens with one attached hydrogen (secondary N) is 2. The monoisotopic (exact) mass is 898 g/mol. The predicted molar refractivity (Wildman–Crippen MR) is 270 cm³/mol. The van der Waals surface area contributed by atoms with Crippen molar-refractivity contribution >= 4 is 79.3 Å². The summed E-state index contributed by atoms with van der Waals surface area (Å²) in [5.74, 6) is -0.870. The van der Waals surface area contributed by atoms with Crippen molar-refractivity contribution in [3.63, 3.8) is 0 Å². The minimum absolute atomic E-state index is 0.0600. The summed E-state index contributed by atoms with van der Waals surface area (Å²) in [6.07, 6.45) is 10.8. The third kappa shape index (κ3) is 8.00. The third-order valence-electron chi connectivity index (χ3n) is 12.7. The fourth-order valence-corrected chi connectivity index (χ4v) is 9.58. The Bertz CT molecular complexity index is 3540. The minimum Gasteiger partial charge on any atom is -0.494 e. The third-order valence-corrected chi connectivity index (χ3v) is 12.7. The van der Waals surface area contributed by atoms with Crippen LogP contribution in [0.4, 0.5) is 0 Å². The van der Waals surface area contributed by atoms with Crippen LogP contribution in [0.25, 0.3) is 78.8 Å². The number of hydrogen-bond acceptors (Lipinski definition) is 4. The summed E-state index contributed by atoms with van der Waals surface area (Å²) in [7, 11) is 0. The first-order valence-electron chi connectivity index (χ1n) is 24.0. The van der Waals surface area contributed by atoms with E-state index in [1.807, 2.05) is 72.8 Å². The van der Waals surface area contributed by atoms with Crippen molar-refractivity contribution in [1.29, 1.82) is 0 Å². The Kier molecular flexibility index (Phi) is 10.6. The van der Waals surface area contributed by atoms with Gasteiger partial charge in [-0.3, -0.25) is 9.59 Å². The molecule has 0 aliphatic carbocycles. The van der Waals surface area contributed by atoms with Crippen LogP contribution in [0.3, 0.4) is 0 Å². The fourth-order valence-electron chi connectivity index (χ4n) is 9.58. The summed E-state index contributed by atoms with van der Waals surface area (Å²) in [5, 5.41) is 29.7. The summed E-state index contributed by atoms with van der Waals surface area (Å²) in [6, 6.07) is 44.9. The number of ether oxygens (including phenoxy) is 2. The van der Waals surface area contributed by atoms with Gasteiger partial charge in [-0.25, -0.2) is 0 Å². The van der Waals surface area contributed by atoms with Gasteiger partial charge in [0.1, 0.15) is 11.5 Å². The number of fused-ring (bicyclic) bond motifs is 20. The number of carboxylic acids is 2.